The van der Waals surface area contributed by atoms with E-state index in [1.54, 1.807) is 12.1 Å². The molecule has 1 aliphatic rings. The van der Waals surface area contributed by atoms with Crippen molar-refractivity contribution >= 4 is 11.6 Å². The van der Waals surface area contributed by atoms with Crippen molar-refractivity contribution in [2.24, 2.45) is 0 Å². The Kier molecular flexibility index (Phi) is 2.97. The molecule has 0 bridgehead atoms. The molecule has 0 unspecified atom stereocenters. The maximum atomic E-state index is 13.2. The van der Waals surface area contributed by atoms with E-state index in [1.807, 2.05) is 0 Å². The summed E-state index contributed by atoms with van der Waals surface area (Å²) >= 11 is 0. The summed E-state index contributed by atoms with van der Waals surface area (Å²) in [6.07, 6.45) is 1.17. The van der Waals surface area contributed by atoms with E-state index < -0.39 is 11.9 Å². The number of amides is 1. The third kappa shape index (κ3) is 2.33. The molecule has 0 aliphatic carbocycles. The van der Waals surface area contributed by atoms with Gasteiger partial charge >= 0.3 is 0 Å². The van der Waals surface area contributed by atoms with Crippen molar-refractivity contribution < 1.29 is 13.9 Å². The van der Waals surface area contributed by atoms with Gasteiger partial charge in [0.25, 0.3) is 5.91 Å². The van der Waals surface area contributed by atoms with Crippen LogP contribution in [0.2, 0.25) is 0 Å². The molecule has 1 aliphatic heterocycles. The van der Waals surface area contributed by atoms with E-state index in [4.69, 9.17) is 4.74 Å². The van der Waals surface area contributed by atoms with E-state index in [2.05, 4.69) is 5.32 Å². The number of hydrogen-bond donors (Lipinski definition) is 1. The standard InChI is InChI=1S/C11H12FNO2/c12-8-4-1-2-5-9(8)13-11(14)10-6-3-7-15-10/h1-2,4-5,10H,3,6-7H2,(H,13,14)/t10-/m1/s1. The molecule has 4 heteroatoms. The van der Waals surface area contributed by atoms with Crippen molar-refractivity contribution in [1.82, 2.24) is 0 Å². The summed E-state index contributed by atoms with van der Waals surface area (Å²) in [5.74, 6) is -0.693. The summed E-state index contributed by atoms with van der Waals surface area (Å²) in [6.45, 7) is 0.607. The second-order valence-corrected chi connectivity index (χ2v) is 3.47. The van der Waals surface area contributed by atoms with E-state index in [9.17, 15) is 9.18 Å². The molecule has 0 radical (unpaired) electrons. The summed E-state index contributed by atoms with van der Waals surface area (Å²) in [6, 6.07) is 6.10. The zero-order valence-corrected chi connectivity index (χ0v) is 8.20. The smallest absolute Gasteiger partial charge is 0.253 e. The Hall–Kier alpha value is -1.42. The molecule has 1 N–H and O–H groups in total. The minimum Gasteiger partial charge on any atom is -0.368 e. The van der Waals surface area contributed by atoms with Gasteiger partial charge in [0.2, 0.25) is 0 Å². The van der Waals surface area contributed by atoms with Crippen molar-refractivity contribution in [2.45, 2.75) is 18.9 Å². The monoisotopic (exact) mass is 209 g/mol. The maximum Gasteiger partial charge on any atom is 0.253 e. The zero-order valence-electron chi connectivity index (χ0n) is 8.20. The van der Waals surface area contributed by atoms with Crippen LogP contribution in [0.4, 0.5) is 10.1 Å². The first-order chi connectivity index (χ1) is 7.27. The van der Waals surface area contributed by atoms with Crippen LogP contribution in [0.15, 0.2) is 24.3 Å². The number of hydrogen-bond acceptors (Lipinski definition) is 2. The van der Waals surface area contributed by atoms with Crippen LogP contribution in [0.5, 0.6) is 0 Å². The van der Waals surface area contributed by atoms with Crippen molar-refractivity contribution in [3.05, 3.63) is 30.1 Å². The van der Waals surface area contributed by atoms with E-state index in [0.29, 0.717) is 13.0 Å². The molecule has 2 rings (SSSR count). The largest absolute Gasteiger partial charge is 0.368 e. The fourth-order valence-corrected chi connectivity index (χ4v) is 1.56. The highest BCUT2D eigenvalue weighted by Gasteiger charge is 2.23. The van der Waals surface area contributed by atoms with E-state index in [-0.39, 0.29) is 11.6 Å². The summed E-state index contributed by atoms with van der Waals surface area (Å²) in [5, 5.41) is 2.51. The average molecular weight is 209 g/mol. The first kappa shape index (κ1) is 10.1. The van der Waals surface area contributed by atoms with Gasteiger partial charge in [-0.3, -0.25) is 4.79 Å². The first-order valence-corrected chi connectivity index (χ1v) is 4.94. The summed E-state index contributed by atoms with van der Waals surface area (Å²) < 4.78 is 18.4. The second-order valence-electron chi connectivity index (χ2n) is 3.47. The lowest BCUT2D eigenvalue weighted by Gasteiger charge is -2.10. The SMILES string of the molecule is O=C(Nc1ccccc1F)[C@H]1CCCO1. The van der Waals surface area contributed by atoms with Crippen molar-refractivity contribution in [3.63, 3.8) is 0 Å². The topological polar surface area (TPSA) is 38.3 Å². The van der Waals surface area contributed by atoms with Gasteiger partial charge in [-0.15, -0.1) is 0 Å². The predicted octanol–water partition coefficient (Wildman–Crippen LogP) is 1.94. The molecule has 15 heavy (non-hydrogen) atoms. The molecular formula is C11H12FNO2. The minimum absolute atomic E-state index is 0.206. The van der Waals surface area contributed by atoms with Crippen molar-refractivity contribution in [1.29, 1.82) is 0 Å². The Labute approximate surface area is 87.2 Å². The summed E-state index contributed by atoms with van der Waals surface area (Å²) in [5.41, 5.74) is 0.206. The van der Waals surface area contributed by atoms with E-state index >= 15 is 0 Å². The van der Waals surface area contributed by atoms with Gasteiger partial charge in [0.15, 0.2) is 0 Å². The van der Waals surface area contributed by atoms with Gasteiger partial charge in [-0.05, 0) is 25.0 Å². The lowest BCUT2D eigenvalue weighted by atomic mass is 10.2. The molecule has 1 heterocycles. The molecule has 0 spiro atoms. The van der Waals surface area contributed by atoms with Gasteiger partial charge in [-0.25, -0.2) is 4.39 Å². The Morgan fingerprint density at radius 3 is 2.93 bits per heavy atom. The van der Waals surface area contributed by atoms with Gasteiger partial charge in [0.1, 0.15) is 11.9 Å². The average Bonchev–Trinajstić information content (AvgIpc) is 2.74. The third-order valence-corrected chi connectivity index (χ3v) is 2.35. The first-order valence-electron chi connectivity index (χ1n) is 4.94. The van der Waals surface area contributed by atoms with E-state index in [1.165, 1.54) is 12.1 Å². The molecule has 80 valence electrons. The van der Waals surface area contributed by atoms with Crippen LogP contribution in [0, 0.1) is 5.82 Å². The number of anilines is 1. The zero-order chi connectivity index (χ0) is 10.7. The fraction of sp³-hybridized carbons (Fsp3) is 0.364. The van der Waals surface area contributed by atoms with Crippen molar-refractivity contribution in [2.75, 3.05) is 11.9 Å². The molecule has 3 nitrogen and oxygen atoms in total. The van der Waals surface area contributed by atoms with Crippen LogP contribution in [-0.4, -0.2) is 18.6 Å². The Morgan fingerprint density at radius 2 is 2.27 bits per heavy atom. The molecule has 1 aromatic rings. The number of halogens is 1. The van der Waals surface area contributed by atoms with Crippen LogP contribution in [-0.2, 0) is 9.53 Å². The number of ether oxygens (including phenoxy) is 1. The van der Waals surface area contributed by atoms with Crippen LogP contribution >= 0.6 is 0 Å². The molecule has 1 fully saturated rings. The molecule has 0 saturated carbocycles. The highest BCUT2D eigenvalue weighted by atomic mass is 19.1. The minimum atomic E-state index is -0.427. The number of benzene rings is 1. The van der Waals surface area contributed by atoms with Gasteiger partial charge in [0.05, 0.1) is 5.69 Å². The predicted molar refractivity (Wildman–Crippen MR) is 54.0 cm³/mol. The van der Waals surface area contributed by atoms with Gasteiger partial charge in [-0.1, -0.05) is 12.1 Å². The quantitative estimate of drug-likeness (QED) is 0.808. The van der Waals surface area contributed by atoms with Crippen molar-refractivity contribution in [3.8, 4) is 0 Å². The highest BCUT2D eigenvalue weighted by Crippen LogP contribution is 2.17. The van der Waals surface area contributed by atoms with Crippen LogP contribution in [0.1, 0.15) is 12.8 Å². The molecule has 1 amide bonds. The second kappa shape index (κ2) is 4.40. The maximum absolute atomic E-state index is 13.2. The fourth-order valence-electron chi connectivity index (χ4n) is 1.56. The Balaban J connectivity index is 2.02. The highest BCUT2D eigenvalue weighted by molar-refractivity contribution is 5.94. The van der Waals surface area contributed by atoms with Gasteiger partial charge in [-0.2, -0.15) is 0 Å². The Morgan fingerprint density at radius 1 is 1.47 bits per heavy atom. The normalized spacial score (nSPS) is 20.2. The lowest BCUT2D eigenvalue weighted by molar-refractivity contribution is -0.124. The van der Waals surface area contributed by atoms with Crippen LogP contribution in [0.25, 0.3) is 0 Å². The Bertz CT molecular complexity index is 361. The number of para-hydroxylation sites is 1. The number of carbonyl (C=O) groups excluding carboxylic acids is 1. The summed E-state index contributed by atoms with van der Waals surface area (Å²) in [7, 11) is 0. The molecular weight excluding hydrogens is 197 g/mol. The number of carbonyl (C=O) groups is 1. The third-order valence-electron chi connectivity index (χ3n) is 2.35. The lowest BCUT2D eigenvalue weighted by Crippen LogP contribution is -2.27. The number of rotatable bonds is 2. The molecule has 0 aromatic heterocycles. The van der Waals surface area contributed by atoms with Gasteiger partial charge < -0.3 is 10.1 Å². The van der Waals surface area contributed by atoms with Gasteiger partial charge in [0, 0.05) is 6.61 Å². The molecule has 1 aromatic carbocycles. The van der Waals surface area contributed by atoms with Crippen LogP contribution in [0.3, 0.4) is 0 Å². The van der Waals surface area contributed by atoms with E-state index in [0.717, 1.165) is 6.42 Å². The number of nitrogens with one attached hydrogen (secondary N) is 1. The molecule has 1 atom stereocenters. The molecule has 1 saturated heterocycles. The summed E-state index contributed by atoms with van der Waals surface area (Å²) in [4.78, 5) is 11.6. The van der Waals surface area contributed by atoms with Crippen LogP contribution < -0.4 is 5.32 Å².